The quantitative estimate of drug-likeness (QED) is 0.0125. The number of nitrogens with one attached hydrogen (secondary N) is 13. The number of nitrogens with two attached hydrogens (primary N) is 1. The molecule has 0 aliphatic carbocycles. The number of H-pyrrole nitrogens is 4. The van der Waals surface area contributed by atoms with Gasteiger partial charge in [-0.05, 0) is 215 Å². The second kappa shape index (κ2) is 53.5. The Hall–Kier alpha value is -13.8. The highest BCUT2D eigenvalue weighted by Crippen LogP contribution is 2.32. The Bertz CT molecular complexity index is 5790. The van der Waals surface area contributed by atoms with Gasteiger partial charge in [0.05, 0.1) is 95.0 Å². The van der Waals surface area contributed by atoms with Crippen molar-refractivity contribution in [2.75, 3.05) is 154 Å². The van der Waals surface area contributed by atoms with Crippen LogP contribution >= 0.6 is 0 Å². The Morgan fingerprint density at radius 3 is 1.27 bits per heavy atom. The fourth-order valence-electron chi connectivity index (χ4n) is 15.1. The number of rotatable bonds is 62. The number of aryl methyl sites for hydroxylation is 2. The third-order valence-electron chi connectivity index (χ3n) is 22.9. The summed E-state index contributed by atoms with van der Waals surface area (Å²) in [6.45, 7) is 14.8. The Kier molecular flexibility index (Phi) is 40.5. The third kappa shape index (κ3) is 34.2. The number of hydrogen-bond acceptors (Lipinski definition) is 26. The van der Waals surface area contributed by atoms with Crippen molar-refractivity contribution in [3.63, 3.8) is 0 Å². The maximum Gasteiger partial charge on any atom is 0.245 e. The van der Waals surface area contributed by atoms with E-state index in [9.17, 15) is 38.4 Å². The van der Waals surface area contributed by atoms with Gasteiger partial charge in [-0.2, -0.15) is 5.11 Å². The summed E-state index contributed by atoms with van der Waals surface area (Å²) in [5.41, 5.74) is 25.3. The first-order valence-electron chi connectivity index (χ1n) is 47.2. The number of ether oxygens (including phenoxy) is 4. The van der Waals surface area contributed by atoms with Crippen molar-refractivity contribution in [2.24, 2.45) is 10.8 Å². The highest BCUT2D eigenvalue weighted by molar-refractivity contribution is 5.96. The van der Waals surface area contributed by atoms with Gasteiger partial charge in [-0.3, -0.25) is 43.0 Å². The van der Waals surface area contributed by atoms with Gasteiger partial charge in [0, 0.05) is 131 Å². The largest absolute Gasteiger partial charge is 0.494 e. The number of aromatic amines is 4. The van der Waals surface area contributed by atoms with Crippen molar-refractivity contribution in [1.82, 2.24) is 122 Å². The van der Waals surface area contributed by atoms with Crippen LogP contribution in [0.4, 0.5) is 0 Å². The molecule has 5 aromatic heterocycles. The molecule has 0 aliphatic rings. The lowest BCUT2D eigenvalue weighted by Gasteiger charge is -2.26. The van der Waals surface area contributed by atoms with Crippen molar-refractivity contribution in [1.29, 1.82) is 5.53 Å². The number of allylic oxidation sites excluding steroid dienone is 1. The molecule has 8 amide bonds. The molecule has 11 rings (SSSR count). The van der Waals surface area contributed by atoms with Gasteiger partial charge in [-0.25, -0.2) is 25.5 Å². The first-order chi connectivity index (χ1) is 66.1. The average Bonchev–Trinajstić information content (AvgIpc) is 1.64. The van der Waals surface area contributed by atoms with Crippen LogP contribution in [-0.4, -0.2) is 305 Å². The van der Waals surface area contributed by atoms with Crippen LogP contribution in [0.2, 0.25) is 0 Å². The van der Waals surface area contributed by atoms with E-state index in [1.807, 2.05) is 142 Å². The number of primary amides is 1. The first-order valence-corrected chi connectivity index (χ1v) is 47.2. The van der Waals surface area contributed by atoms with Crippen molar-refractivity contribution >= 4 is 91.4 Å². The standard InChI is InChI=1S/C98H135N27O12/c1-65(105-90(129)62-102-42-17-41-101-61-73(117-100)21-11-13-47-122(9)51-43-103-88(127)23-15-53-134-75-33-37-79-83(57-75)113-91(109-79)69-25-29-71(30-26-69)93-111-81-39-35-77(59-85(81)115-93)136-55-19-45-120(5)6)95(130)106-66(2)96(131)107-67(3)97(132)108-68(4)98(133)124(64-87(99)126)49-18-50-125-63-74(118-119-125)22-12-14-48-123(10)52-44-104-89(128)24-16-54-135-76-34-38-80-84(58-76)114-92(110-80)70-27-31-72(32-28-70)94-112-82-40-36-78(60-86(82)116-94)137-56-20-46-121(7)8/h25-40,57-61,63,65-68,100-102H,11-24,41-56,62,64H2,1-10H3,(H2,99,126)(H,103,127)(H,104,128)(H,105,129)(H,106,130)(H,107,131)(H,108,132)(H,109,113)(H,110,114)(H,111,115)(H,112,116)/b73-61-,117-100?/t65-,66-,67-,68-/m1/s1. The highest BCUT2D eigenvalue weighted by atomic mass is 16.5. The first kappa shape index (κ1) is 104. The fourth-order valence-corrected chi connectivity index (χ4v) is 15.1. The van der Waals surface area contributed by atoms with Gasteiger partial charge in [0.1, 0.15) is 70.5 Å². The monoisotopic (exact) mass is 1880 g/mol. The fraction of sp³-hybridized carbons (Fsp3) is 0.469. The van der Waals surface area contributed by atoms with E-state index in [1.54, 1.807) is 10.9 Å². The summed E-state index contributed by atoms with van der Waals surface area (Å²) in [4.78, 5) is 146. The zero-order valence-electron chi connectivity index (χ0n) is 80.4. The van der Waals surface area contributed by atoms with Gasteiger partial charge in [0.15, 0.2) is 0 Å². The maximum atomic E-state index is 13.6. The topological polar surface area (TPSA) is 494 Å². The second-order valence-electron chi connectivity index (χ2n) is 35.1. The lowest BCUT2D eigenvalue weighted by atomic mass is 10.1. The molecular weight excluding hydrogens is 1750 g/mol. The Morgan fingerprint density at radius 2 is 0.854 bits per heavy atom. The molecule has 0 unspecified atom stereocenters. The van der Waals surface area contributed by atoms with Gasteiger partial charge in [-0.1, -0.05) is 53.7 Å². The Morgan fingerprint density at radius 1 is 0.445 bits per heavy atom. The number of aromatic nitrogens is 11. The van der Waals surface area contributed by atoms with Crippen molar-refractivity contribution in [2.45, 2.75) is 148 Å². The van der Waals surface area contributed by atoms with Crippen LogP contribution in [0.5, 0.6) is 23.0 Å². The molecule has 0 saturated heterocycles. The molecule has 11 aromatic rings. The number of carbonyl (C=O) groups is 8. The molecule has 0 aliphatic heterocycles. The molecule has 137 heavy (non-hydrogen) atoms. The van der Waals surface area contributed by atoms with E-state index in [1.165, 1.54) is 32.6 Å². The smallest absolute Gasteiger partial charge is 0.245 e. The molecular formula is C98H135N27O12. The number of unbranched alkanes of at least 4 members (excludes halogenated alkanes) is 2. The number of likely N-dealkylation sites (N-methyl/N-ethyl adjacent to an activating group) is 2. The molecule has 15 N–H and O–H groups in total. The highest BCUT2D eigenvalue weighted by Gasteiger charge is 2.29. The van der Waals surface area contributed by atoms with E-state index < -0.39 is 66.2 Å². The van der Waals surface area contributed by atoms with Crippen LogP contribution in [0.15, 0.2) is 145 Å². The summed E-state index contributed by atoms with van der Waals surface area (Å²) >= 11 is 0. The summed E-state index contributed by atoms with van der Waals surface area (Å²) in [6.07, 6.45) is 13.0. The van der Waals surface area contributed by atoms with Crippen LogP contribution in [0.1, 0.15) is 117 Å². The van der Waals surface area contributed by atoms with E-state index in [0.29, 0.717) is 141 Å². The molecule has 39 heteroatoms. The summed E-state index contributed by atoms with van der Waals surface area (Å²) < 4.78 is 25.6. The number of amides is 8. The zero-order valence-corrected chi connectivity index (χ0v) is 80.4. The lowest BCUT2D eigenvalue weighted by Crippen LogP contribution is -2.57. The van der Waals surface area contributed by atoms with E-state index in [-0.39, 0.29) is 24.9 Å². The van der Waals surface area contributed by atoms with Gasteiger partial charge in [0.2, 0.25) is 47.3 Å². The van der Waals surface area contributed by atoms with E-state index >= 15 is 0 Å². The van der Waals surface area contributed by atoms with Crippen molar-refractivity contribution in [3.05, 3.63) is 145 Å². The number of benzene rings is 6. The third-order valence-corrected chi connectivity index (χ3v) is 22.9. The molecule has 0 bridgehead atoms. The van der Waals surface area contributed by atoms with Gasteiger partial charge in [-0.15, -0.1) is 5.10 Å². The summed E-state index contributed by atoms with van der Waals surface area (Å²) in [6, 6.07) is 35.2. The van der Waals surface area contributed by atoms with Crippen molar-refractivity contribution in [3.8, 4) is 68.5 Å². The van der Waals surface area contributed by atoms with Crippen LogP contribution in [-0.2, 0) is 51.3 Å². The predicted octanol–water partition coefficient (Wildman–Crippen LogP) is 8.58. The van der Waals surface area contributed by atoms with E-state index in [4.69, 9.17) is 50.1 Å². The van der Waals surface area contributed by atoms with Crippen LogP contribution < -0.4 is 67.2 Å². The molecule has 4 atom stereocenters. The Balaban J connectivity index is 0.465. The minimum absolute atomic E-state index is 0.0381. The van der Waals surface area contributed by atoms with Crippen LogP contribution in [0.3, 0.4) is 0 Å². The number of imidazole rings is 4. The Labute approximate surface area is 798 Å². The molecule has 0 fully saturated rings. The molecule has 0 saturated carbocycles. The number of hydrogen-bond donors (Lipinski definition) is 14. The van der Waals surface area contributed by atoms with Gasteiger partial charge in [0.25, 0.3) is 0 Å². The number of carbonyl (C=O) groups excluding carboxylic acids is 8. The van der Waals surface area contributed by atoms with Gasteiger partial charge >= 0.3 is 0 Å². The average molecular weight is 1880 g/mol. The SMILES string of the molecule is C[C@@H](NC(=O)CNCCCN/C=C(/CCCCN(C)CCNC(=O)CCCOc1ccc2[nH]c(-c3ccc(-c4nc5cc(OCCCN(C)C)ccc5[nH]4)cc3)nc2c1)N=N)C(=O)N[C@H](C)C(=O)N[C@H](C)C(=O)N[C@H](C)C(=O)N(CCCn1cc(CCCCN(C)CCNC(=O)CCCOc2ccc3[nH]c(-c4ccc(-c5nc6cc(OCCCN(C)C)ccc6[nH]5)cc4)nc3c2)nn1)CC(N)=O. The number of nitrogens with zero attached hydrogens (tertiary/aromatic N) is 13. The molecule has 0 radical (unpaired) electrons. The molecule has 5 heterocycles. The summed E-state index contributed by atoms with van der Waals surface area (Å²) in [5.74, 6) is 2.11. The van der Waals surface area contributed by atoms with Crippen LogP contribution in [0, 0.1) is 5.53 Å². The van der Waals surface area contributed by atoms with Gasteiger partial charge < -0.3 is 112 Å². The summed E-state index contributed by atoms with van der Waals surface area (Å²) in [5, 5.41) is 34.8. The normalized spacial score (nSPS) is 12.6. The zero-order chi connectivity index (χ0) is 97.5. The van der Waals surface area contributed by atoms with E-state index in [0.717, 1.165) is 172 Å². The number of fused-ring (bicyclic) bond motifs is 4. The van der Waals surface area contributed by atoms with Crippen molar-refractivity contribution < 1.29 is 57.3 Å². The molecule has 734 valence electrons. The minimum atomic E-state index is -1.14. The van der Waals surface area contributed by atoms with E-state index in [2.05, 4.69) is 126 Å². The lowest BCUT2D eigenvalue weighted by molar-refractivity contribution is -0.139. The second-order valence-corrected chi connectivity index (χ2v) is 35.1. The van der Waals surface area contributed by atoms with Crippen LogP contribution in [0.25, 0.3) is 89.7 Å². The molecule has 6 aromatic carbocycles. The summed E-state index contributed by atoms with van der Waals surface area (Å²) in [7, 11) is 12.2. The molecule has 0 spiro atoms. The maximum absolute atomic E-state index is 13.6. The predicted molar refractivity (Wildman–Crippen MR) is 527 cm³/mol. The molecule has 39 nitrogen and oxygen atoms in total. The minimum Gasteiger partial charge on any atom is -0.494 e.